The van der Waals surface area contributed by atoms with E-state index in [1.807, 2.05) is 13.0 Å². The first-order valence-electron chi connectivity index (χ1n) is 6.42. The lowest BCUT2D eigenvalue weighted by Crippen LogP contribution is -2.33. The van der Waals surface area contributed by atoms with Crippen molar-refractivity contribution in [2.45, 2.75) is 32.2 Å². The summed E-state index contributed by atoms with van der Waals surface area (Å²) >= 11 is 11.9. The molecule has 0 aliphatic rings. The molecule has 1 aromatic carbocycles. The monoisotopic (exact) mass is 316 g/mol. The van der Waals surface area contributed by atoms with Crippen molar-refractivity contribution in [2.75, 3.05) is 7.05 Å². The summed E-state index contributed by atoms with van der Waals surface area (Å²) in [6, 6.07) is 5.10. The van der Waals surface area contributed by atoms with E-state index in [2.05, 4.69) is 10.6 Å². The number of carbonyl (C=O) groups excluding carboxylic acids is 2. The number of rotatable bonds is 6. The summed E-state index contributed by atoms with van der Waals surface area (Å²) in [4.78, 5) is 23.0. The molecule has 0 saturated heterocycles. The summed E-state index contributed by atoms with van der Waals surface area (Å²) < 4.78 is 0. The zero-order chi connectivity index (χ0) is 15.1. The van der Waals surface area contributed by atoms with Crippen molar-refractivity contribution in [1.29, 1.82) is 0 Å². The van der Waals surface area contributed by atoms with Crippen molar-refractivity contribution < 1.29 is 9.59 Å². The molecule has 0 aliphatic carbocycles. The van der Waals surface area contributed by atoms with Gasteiger partial charge in [0, 0.05) is 7.05 Å². The quantitative estimate of drug-likeness (QED) is 0.792. The minimum atomic E-state index is -0.313. The maximum absolute atomic E-state index is 11.8. The van der Waals surface area contributed by atoms with E-state index in [-0.39, 0.29) is 24.3 Å². The Hall–Kier alpha value is -1.26. The lowest BCUT2D eigenvalue weighted by Gasteiger charge is -2.19. The highest BCUT2D eigenvalue weighted by molar-refractivity contribution is 6.42. The van der Waals surface area contributed by atoms with Crippen molar-refractivity contribution in [3.63, 3.8) is 0 Å². The van der Waals surface area contributed by atoms with Gasteiger partial charge in [-0.3, -0.25) is 9.59 Å². The smallest absolute Gasteiger partial charge is 0.229 e. The van der Waals surface area contributed by atoms with Gasteiger partial charge in [-0.05, 0) is 24.1 Å². The molecular weight excluding hydrogens is 299 g/mol. The van der Waals surface area contributed by atoms with E-state index in [0.717, 1.165) is 18.4 Å². The van der Waals surface area contributed by atoms with Gasteiger partial charge in [0.05, 0.1) is 16.1 Å². The summed E-state index contributed by atoms with van der Waals surface area (Å²) in [6.07, 6.45) is 1.47. The average Bonchev–Trinajstić information content (AvgIpc) is 2.41. The van der Waals surface area contributed by atoms with Crippen LogP contribution in [0.1, 0.15) is 37.8 Å². The van der Waals surface area contributed by atoms with Gasteiger partial charge in [0.1, 0.15) is 6.42 Å². The molecule has 2 amide bonds. The molecule has 0 aromatic heterocycles. The molecule has 4 nitrogen and oxygen atoms in total. The number of hydrogen-bond acceptors (Lipinski definition) is 2. The van der Waals surface area contributed by atoms with Crippen LogP contribution in [-0.2, 0) is 9.59 Å². The topological polar surface area (TPSA) is 58.2 Å². The van der Waals surface area contributed by atoms with E-state index in [0.29, 0.717) is 10.0 Å². The first-order valence-corrected chi connectivity index (χ1v) is 7.18. The molecule has 0 bridgehead atoms. The van der Waals surface area contributed by atoms with E-state index < -0.39 is 0 Å². The van der Waals surface area contributed by atoms with E-state index >= 15 is 0 Å². The molecule has 1 aromatic rings. The second kappa shape index (κ2) is 8.12. The number of hydrogen-bond donors (Lipinski definition) is 2. The number of benzene rings is 1. The van der Waals surface area contributed by atoms with E-state index in [1.54, 1.807) is 12.1 Å². The van der Waals surface area contributed by atoms with Gasteiger partial charge in [0.2, 0.25) is 11.8 Å². The minimum absolute atomic E-state index is 0.174. The van der Waals surface area contributed by atoms with Gasteiger partial charge in [0.25, 0.3) is 0 Å². The van der Waals surface area contributed by atoms with Gasteiger partial charge in [-0.15, -0.1) is 0 Å². The first kappa shape index (κ1) is 16.8. The molecule has 0 radical (unpaired) electrons. The second-order valence-corrected chi connectivity index (χ2v) is 5.25. The fourth-order valence-corrected chi connectivity index (χ4v) is 2.13. The van der Waals surface area contributed by atoms with Crippen LogP contribution in [0.15, 0.2) is 18.2 Å². The maximum Gasteiger partial charge on any atom is 0.229 e. The predicted molar refractivity (Wildman–Crippen MR) is 80.9 cm³/mol. The SMILES string of the molecule is CCCC(NC(=O)CC(=O)NC)c1ccc(Cl)c(Cl)c1. The third-order valence-corrected chi connectivity index (χ3v) is 3.60. The van der Waals surface area contributed by atoms with Gasteiger partial charge in [-0.1, -0.05) is 42.6 Å². The summed E-state index contributed by atoms with van der Waals surface area (Å²) in [5.74, 6) is -0.624. The van der Waals surface area contributed by atoms with Gasteiger partial charge in [-0.2, -0.15) is 0 Å². The number of carbonyl (C=O) groups is 2. The van der Waals surface area contributed by atoms with Crippen LogP contribution in [0.2, 0.25) is 10.0 Å². The van der Waals surface area contributed by atoms with E-state index in [4.69, 9.17) is 23.2 Å². The third-order valence-electron chi connectivity index (χ3n) is 2.86. The first-order chi connectivity index (χ1) is 9.47. The lowest BCUT2D eigenvalue weighted by atomic mass is 10.0. The van der Waals surface area contributed by atoms with Gasteiger partial charge in [-0.25, -0.2) is 0 Å². The molecule has 0 heterocycles. The van der Waals surface area contributed by atoms with Crippen LogP contribution in [0.5, 0.6) is 0 Å². The predicted octanol–water partition coefficient (Wildman–Crippen LogP) is 3.09. The zero-order valence-corrected chi connectivity index (χ0v) is 13.0. The molecular formula is C14H18Cl2N2O2. The van der Waals surface area contributed by atoms with Crippen LogP contribution < -0.4 is 10.6 Å². The van der Waals surface area contributed by atoms with Crippen molar-refractivity contribution in [2.24, 2.45) is 0 Å². The number of halogens is 2. The Morgan fingerprint density at radius 2 is 1.90 bits per heavy atom. The van der Waals surface area contributed by atoms with Gasteiger partial charge in [0.15, 0.2) is 0 Å². The van der Waals surface area contributed by atoms with Crippen LogP contribution in [0.4, 0.5) is 0 Å². The van der Waals surface area contributed by atoms with E-state index in [1.165, 1.54) is 7.05 Å². The standard InChI is InChI=1S/C14H18Cl2N2O2/c1-3-4-12(18-14(20)8-13(19)17-2)9-5-6-10(15)11(16)7-9/h5-7,12H,3-4,8H2,1-2H3,(H,17,19)(H,18,20). The highest BCUT2D eigenvalue weighted by Gasteiger charge is 2.16. The van der Waals surface area contributed by atoms with Crippen molar-refractivity contribution in [3.8, 4) is 0 Å². The van der Waals surface area contributed by atoms with Crippen LogP contribution in [0.25, 0.3) is 0 Å². The molecule has 0 fully saturated rings. The fourth-order valence-electron chi connectivity index (χ4n) is 1.82. The summed E-state index contributed by atoms with van der Waals surface area (Å²) in [6.45, 7) is 2.02. The molecule has 2 N–H and O–H groups in total. The highest BCUT2D eigenvalue weighted by Crippen LogP contribution is 2.27. The average molecular weight is 317 g/mol. The normalized spacial score (nSPS) is 11.8. The lowest BCUT2D eigenvalue weighted by molar-refractivity contribution is -0.129. The van der Waals surface area contributed by atoms with Crippen molar-refractivity contribution in [1.82, 2.24) is 10.6 Å². The molecule has 1 atom stereocenters. The Morgan fingerprint density at radius 1 is 1.20 bits per heavy atom. The maximum atomic E-state index is 11.8. The van der Waals surface area contributed by atoms with Crippen LogP contribution in [0, 0.1) is 0 Å². The summed E-state index contributed by atoms with van der Waals surface area (Å²) in [5, 5.41) is 6.19. The van der Waals surface area contributed by atoms with Crippen molar-refractivity contribution >= 4 is 35.0 Å². The minimum Gasteiger partial charge on any atom is -0.359 e. The molecule has 20 heavy (non-hydrogen) atoms. The van der Waals surface area contributed by atoms with Gasteiger partial charge < -0.3 is 10.6 Å². The molecule has 1 unspecified atom stereocenters. The zero-order valence-electron chi connectivity index (χ0n) is 11.5. The summed E-state index contributed by atoms with van der Waals surface area (Å²) in [7, 11) is 1.50. The van der Waals surface area contributed by atoms with Gasteiger partial charge >= 0.3 is 0 Å². The molecule has 0 spiro atoms. The molecule has 1 rings (SSSR count). The molecule has 0 saturated carbocycles. The Kier molecular flexibility index (Phi) is 6.82. The largest absolute Gasteiger partial charge is 0.359 e. The van der Waals surface area contributed by atoms with Crippen LogP contribution in [-0.4, -0.2) is 18.9 Å². The summed E-state index contributed by atoms with van der Waals surface area (Å²) in [5.41, 5.74) is 0.881. The Balaban J connectivity index is 2.80. The highest BCUT2D eigenvalue weighted by atomic mass is 35.5. The Morgan fingerprint density at radius 3 is 2.45 bits per heavy atom. The van der Waals surface area contributed by atoms with Crippen molar-refractivity contribution in [3.05, 3.63) is 33.8 Å². The van der Waals surface area contributed by atoms with Crippen LogP contribution in [0.3, 0.4) is 0 Å². The van der Waals surface area contributed by atoms with Crippen LogP contribution >= 0.6 is 23.2 Å². The Bertz CT molecular complexity index is 492. The molecule has 6 heteroatoms. The third kappa shape index (κ3) is 5.02. The number of amides is 2. The van der Waals surface area contributed by atoms with E-state index in [9.17, 15) is 9.59 Å². The fraction of sp³-hybridized carbons (Fsp3) is 0.429. The molecule has 110 valence electrons. The second-order valence-electron chi connectivity index (χ2n) is 4.43. The Labute approximate surface area is 128 Å². The molecule has 0 aliphatic heterocycles. The number of nitrogens with one attached hydrogen (secondary N) is 2.